The maximum absolute atomic E-state index is 12.1. The largest absolute Gasteiger partial charge is 0.453 e. The average molecular weight is 311 g/mol. The Morgan fingerprint density at radius 1 is 1.35 bits per heavy atom. The second kappa shape index (κ2) is 5.22. The van der Waals surface area contributed by atoms with E-state index in [2.05, 4.69) is 15.4 Å². The van der Waals surface area contributed by atoms with Gasteiger partial charge in [-0.2, -0.15) is 4.80 Å². The minimum Gasteiger partial charge on any atom is -0.453 e. The molecule has 0 bridgehead atoms. The molecule has 3 rings (SSSR count). The lowest BCUT2D eigenvalue weighted by Crippen LogP contribution is -2.12. The number of benzene rings is 1. The van der Waals surface area contributed by atoms with E-state index in [1.807, 2.05) is 0 Å². The Morgan fingerprint density at radius 3 is 2.95 bits per heavy atom. The van der Waals surface area contributed by atoms with Gasteiger partial charge in [-0.15, -0.1) is 21.8 Å². The number of halogens is 2. The molecule has 0 aliphatic rings. The molecule has 0 saturated heterocycles. The maximum atomic E-state index is 12.1. The fourth-order valence-electron chi connectivity index (χ4n) is 1.75. The summed E-state index contributed by atoms with van der Waals surface area (Å²) in [6.07, 6.45) is 0. The lowest BCUT2D eigenvalue weighted by atomic mass is 10.2. The summed E-state index contributed by atoms with van der Waals surface area (Å²) in [5.74, 6) is 0.496. The number of alkyl halides is 1. The van der Waals surface area contributed by atoms with Gasteiger partial charge in [-0.1, -0.05) is 11.6 Å². The summed E-state index contributed by atoms with van der Waals surface area (Å²) in [6, 6.07) is 6.84. The summed E-state index contributed by atoms with van der Waals surface area (Å²) in [4.78, 5) is 13.3. The molecule has 0 N–H and O–H groups in total. The lowest BCUT2D eigenvalue weighted by molar-refractivity contribution is 0.0936. The van der Waals surface area contributed by atoms with E-state index in [9.17, 15) is 4.79 Å². The van der Waals surface area contributed by atoms with Gasteiger partial charge in [0.1, 0.15) is 12.1 Å². The van der Waals surface area contributed by atoms with Crippen LogP contribution in [-0.4, -0.2) is 26.0 Å². The summed E-state index contributed by atoms with van der Waals surface area (Å²) in [5.41, 5.74) is 0.564. The molecule has 0 aliphatic heterocycles. The number of hydrogen-bond acceptors (Lipinski definition) is 5. The molecular weight excluding hydrogens is 303 g/mol. The highest BCUT2D eigenvalue weighted by atomic mass is 35.5. The zero-order valence-corrected chi connectivity index (χ0v) is 11.6. The van der Waals surface area contributed by atoms with E-state index in [0.29, 0.717) is 16.4 Å². The first-order valence-electron chi connectivity index (χ1n) is 5.70. The van der Waals surface area contributed by atoms with Crippen molar-refractivity contribution in [2.75, 3.05) is 0 Å². The topological polar surface area (TPSA) is 73.8 Å². The zero-order valence-electron chi connectivity index (χ0n) is 10.1. The molecule has 0 unspecified atom stereocenters. The number of furan rings is 1. The molecule has 102 valence electrons. The predicted molar refractivity (Wildman–Crippen MR) is 72.9 cm³/mol. The van der Waals surface area contributed by atoms with Crippen LogP contribution in [0.4, 0.5) is 0 Å². The van der Waals surface area contributed by atoms with Gasteiger partial charge < -0.3 is 4.42 Å². The normalized spacial score (nSPS) is 11.1. The number of carbonyl (C=O) groups excluding carboxylic acids is 1. The Kier molecular flexibility index (Phi) is 3.42. The van der Waals surface area contributed by atoms with Crippen LogP contribution >= 0.6 is 23.2 Å². The molecule has 0 saturated carbocycles. The van der Waals surface area contributed by atoms with Crippen molar-refractivity contribution in [2.24, 2.45) is 0 Å². The van der Waals surface area contributed by atoms with Crippen molar-refractivity contribution < 1.29 is 9.21 Å². The van der Waals surface area contributed by atoms with Crippen LogP contribution in [-0.2, 0) is 12.4 Å². The average Bonchev–Trinajstić information content (AvgIpc) is 3.04. The molecule has 0 spiro atoms. The van der Waals surface area contributed by atoms with Crippen LogP contribution in [0.3, 0.4) is 0 Å². The Bertz CT molecular complexity index is 781. The standard InChI is InChI=1S/C12H8Cl2N4O2/c13-5-12-15-17-18(16-12)6-9(19)11-3-7-1-2-8(14)4-10(7)20-11/h1-4H,5-6H2. The van der Waals surface area contributed by atoms with Gasteiger partial charge in [0.05, 0.1) is 5.88 Å². The van der Waals surface area contributed by atoms with Crippen LogP contribution in [0, 0.1) is 0 Å². The van der Waals surface area contributed by atoms with E-state index in [4.69, 9.17) is 27.6 Å². The third kappa shape index (κ3) is 2.52. The Labute approximate surface area is 123 Å². The molecular formula is C12H8Cl2N4O2. The summed E-state index contributed by atoms with van der Waals surface area (Å²) < 4.78 is 5.47. The number of fused-ring (bicyclic) bond motifs is 1. The van der Waals surface area contributed by atoms with E-state index in [-0.39, 0.29) is 24.0 Å². The van der Waals surface area contributed by atoms with E-state index in [1.54, 1.807) is 24.3 Å². The third-order valence-corrected chi connectivity index (χ3v) is 3.13. The monoisotopic (exact) mass is 310 g/mol. The van der Waals surface area contributed by atoms with Crippen molar-refractivity contribution in [1.82, 2.24) is 20.2 Å². The molecule has 8 heteroatoms. The van der Waals surface area contributed by atoms with Crippen molar-refractivity contribution in [3.8, 4) is 0 Å². The van der Waals surface area contributed by atoms with Gasteiger partial charge in [-0.3, -0.25) is 4.79 Å². The van der Waals surface area contributed by atoms with E-state index >= 15 is 0 Å². The van der Waals surface area contributed by atoms with Gasteiger partial charge in [0.2, 0.25) is 5.78 Å². The highest BCUT2D eigenvalue weighted by Gasteiger charge is 2.15. The number of carbonyl (C=O) groups is 1. The quantitative estimate of drug-likeness (QED) is 0.547. The highest BCUT2D eigenvalue weighted by molar-refractivity contribution is 6.31. The van der Waals surface area contributed by atoms with Crippen molar-refractivity contribution in [2.45, 2.75) is 12.4 Å². The van der Waals surface area contributed by atoms with Crippen LogP contribution in [0.1, 0.15) is 16.4 Å². The number of rotatable bonds is 4. The van der Waals surface area contributed by atoms with Crippen LogP contribution in [0.2, 0.25) is 5.02 Å². The minimum absolute atomic E-state index is 0.0581. The third-order valence-electron chi connectivity index (χ3n) is 2.66. The summed E-state index contributed by atoms with van der Waals surface area (Å²) in [7, 11) is 0. The Morgan fingerprint density at radius 2 is 2.20 bits per heavy atom. The SMILES string of the molecule is O=C(Cn1nnc(CCl)n1)c1cc2ccc(Cl)cc2o1. The fourth-order valence-corrected chi connectivity index (χ4v) is 2.01. The number of hydrogen-bond donors (Lipinski definition) is 0. The second-order valence-corrected chi connectivity index (χ2v) is 4.79. The Hall–Kier alpha value is -1.92. The van der Waals surface area contributed by atoms with Gasteiger partial charge in [0, 0.05) is 16.5 Å². The highest BCUT2D eigenvalue weighted by Crippen LogP contribution is 2.23. The van der Waals surface area contributed by atoms with Crippen LogP contribution in [0.5, 0.6) is 0 Å². The molecule has 0 amide bonds. The van der Waals surface area contributed by atoms with Gasteiger partial charge in [-0.05, 0) is 23.4 Å². The Balaban J connectivity index is 1.84. The molecule has 2 aromatic heterocycles. The van der Waals surface area contributed by atoms with Gasteiger partial charge >= 0.3 is 0 Å². The van der Waals surface area contributed by atoms with Crippen molar-refractivity contribution in [3.63, 3.8) is 0 Å². The summed E-state index contributed by atoms with van der Waals surface area (Å²) in [5, 5.41) is 12.7. The molecule has 1 aromatic carbocycles. The van der Waals surface area contributed by atoms with Crippen molar-refractivity contribution >= 4 is 40.0 Å². The summed E-state index contributed by atoms with van der Waals surface area (Å²) >= 11 is 11.4. The lowest BCUT2D eigenvalue weighted by Gasteiger charge is -1.94. The van der Waals surface area contributed by atoms with E-state index in [0.717, 1.165) is 5.39 Å². The second-order valence-electron chi connectivity index (χ2n) is 4.09. The predicted octanol–water partition coefficient (Wildman–Crippen LogP) is 2.69. The number of aromatic nitrogens is 4. The number of tetrazole rings is 1. The number of Topliss-reactive ketones (excluding diaryl/α,β-unsaturated/α-hetero) is 1. The number of nitrogens with zero attached hydrogens (tertiary/aromatic N) is 4. The minimum atomic E-state index is -0.254. The first kappa shape index (κ1) is 13.1. The molecule has 0 radical (unpaired) electrons. The van der Waals surface area contributed by atoms with Crippen LogP contribution < -0.4 is 0 Å². The molecule has 3 aromatic rings. The fraction of sp³-hybridized carbons (Fsp3) is 0.167. The molecule has 0 fully saturated rings. The zero-order chi connectivity index (χ0) is 14.1. The van der Waals surface area contributed by atoms with Gasteiger partial charge in [0.25, 0.3) is 0 Å². The smallest absolute Gasteiger partial charge is 0.221 e. The van der Waals surface area contributed by atoms with Crippen LogP contribution in [0.15, 0.2) is 28.7 Å². The van der Waals surface area contributed by atoms with Crippen molar-refractivity contribution in [1.29, 1.82) is 0 Å². The molecule has 2 heterocycles. The molecule has 6 nitrogen and oxygen atoms in total. The van der Waals surface area contributed by atoms with Crippen LogP contribution in [0.25, 0.3) is 11.0 Å². The first-order chi connectivity index (χ1) is 9.65. The van der Waals surface area contributed by atoms with Crippen molar-refractivity contribution in [3.05, 3.63) is 40.9 Å². The first-order valence-corrected chi connectivity index (χ1v) is 6.62. The number of ketones is 1. The molecule has 0 atom stereocenters. The van der Waals surface area contributed by atoms with Gasteiger partial charge in [0.15, 0.2) is 11.6 Å². The van der Waals surface area contributed by atoms with E-state index < -0.39 is 0 Å². The maximum Gasteiger partial charge on any atom is 0.221 e. The summed E-state index contributed by atoms with van der Waals surface area (Å²) in [6.45, 7) is -0.0581. The van der Waals surface area contributed by atoms with Gasteiger partial charge in [-0.25, -0.2) is 0 Å². The van der Waals surface area contributed by atoms with E-state index in [1.165, 1.54) is 4.80 Å². The molecule has 20 heavy (non-hydrogen) atoms. The molecule has 0 aliphatic carbocycles.